The van der Waals surface area contributed by atoms with Gasteiger partial charge in [-0.15, -0.1) is 11.3 Å². The molecule has 0 saturated carbocycles. The van der Waals surface area contributed by atoms with E-state index < -0.39 is 0 Å². The van der Waals surface area contributed by atoms with E-state index in [2.05, 4.69) is 66.2 Å². The van der Waals surface area contributed by atoms with E-state index in [1.165, 1.54) is 20.4 Å². The summed E-state index contributed by atoms with van der Waals surface area (Å²) in [6, 6.07) is 2.65. The molecule has 3 heteroatoms. The Hall–Kier alpha value is 0.130. The second-order valence-electron chi connectivity index (χ2n) is 3.86. The van der Waals surface area contributed by atoms with Crippen LogP contribution in [0.5, 0.6) is 0 Å². The molecule has 0 bridgehead atoms. The van der Waals surface area contributed by atoms with E-state index in [-0.39, 0.29) is 0 Å². The van der Waals surface area contributed by atoms with Gasteiger partial charge in [0.2, 0.25) is 0 Å². The second-order valence-corrected chi connectivity index (χ2v) is 6.67. The zero-order chi connectivity index (χ0) is 11.3. The van der Waals surface area contributed by atoms with E-state index in [1.54, 1.807) is 0 Å². The molecule has 1 N–H and O–H groups in total. The number of halogens is 1. The molecule has 0 amide bonds. The highest BCUT2D eigenvalue weighted by atomic mass is 127. The van der Waals surface area contributed by atoms with Crippen LogP contribution in [0.2, 0.25) is 0 Å². The highest BCUT2D eigenvalue weighted by molar-refractivity contribution is 14.1. The van der Waals surface area contributed by atoms with Gasteiger partial charge in [-0.05, 0) is 66.4 Å². The lowest BCUT2D eigenvalue weighted by molar-refractivity contribution is 0.611. The van der Waals surface area contributed by atoms with Gasteiger partial charge in [0.15, 0.2) is 0 Å². The largest absolute Gasteiger partial charge is 0.307 e. The number of rotatable bonds is 5. The van der Waals surface area contributed by atoms with E-state index in [4.69, 9.17) is 0 Å². The molecule has 0 aromatic carbocycles. The summed E-state index contributed by atoms with van der Waals surface area (Å²) in [6.07, 6.45) is 3.47. The van der Waals surface area contributed by atoms with Crippen LogP contribution in [0.1, 0.15) is 38.8 Å². The minimum absolute atomic E-state index is 0.384. The van der Waals surface area contributed by atoms with Crippen molar-refractivity contribution in [1.29, 1.82) is 0 Å². The first-order valence-corrected chi connectivity index (χ1v) is 7.21. The lowest BCUT2D eigenvalue weighted by atomic mass is 10.1. The first-order chi connectivity index (χ1) is 7.13. The Balaban J connectivity index is 2.76. The van der Waals surface area contributed by atoms with E-state index in [1.807, 2.05) is 11.3 Å². The van der Waals surface area contributed by atoms with Crippen LogP contribution in [0.3, 0.4) is 0 Å². The molecular weight excluding hydrogens is 317 g/mol. The van der Waals surface area contributed by atoms with Gasteiger partial charge in [-0.3, -0.25) is 0 Å². The molecule has 1 unspecified atom stereocenters. The van der Waals surface area contributed by atoms with Crippen LogP contribution in [-0.2, 0) is 0 Å². The van der Waals surface area contributed by atoms with Crippen molar-refractivity contribution in [2.24, 2.45) is 0 Å². The normalized spacial score (nSPS) is 12.5. The molecule has 0 spiro atoms. The van der Waals surface area contributed by atoms with Crippen LogP contribution in [0, 0.1) is 2.88 Å². The number of nitrogens with one attached hydrogen (secondary N) is 1. The van der Waals surface area contributed by atoms with E-state index in [9.17, 15) is 0 Å². The molecule has 0 fully saturated rings. The van der Waals surface area contributed by atoms with E-state index in [0.29, 0.717) is 6.04 Å². The molecule has 1 atom stereocenters. The van der Waals surface area contributed by atoms with Crippen LogP contribution < -0.4 is 5.32 Å². The standard InChI is InChI=1S/C12H18INS/c1-4-5-14-11(6-9(2)3)10-7-12(13)15-8-10/h6-8,11,14H,4-5H2,1-3H3. The molecule has 0 saturated heterocycles. The molecule has 84 valence electrons. The van der Waals surface area contributed by atoms with Crippen LogP contribution in [0.15, 0.2) is 23.1 Å². The third-order valence-corrected chi connectivity index (χ3v) is 3.87. The quantitative estimate of drug-likeness (QED) is 0.623. The minimum atomic E-state index is 0.384. The predicted molar refractivity (Wildman–Crippen MR) is 77.5 cm³/mol. The molecule has 0 aliphatic carbocycles. The average Bonchev–Trinajstić information content (AvgIpc) is 2.58. The number of hydrogen-bond donors (Lipinski definition) is 1. The SMILES string of the molecule is CCCNC(C=C(C)C)c1csc(I)c1. The summed E-state index contributed by atoms with van der Waals surface area (Å²) in [7, 11) is 0. The molecule has 15 heavy (non-hydrogen) atoms. The number of thiophene rings is 1. The summed E-state index contributed by atoms with van der Waals surface area (Å²) >= 11 is 4.19. The first-order valence-electron chi connectivity index (χ1n) is 5.25. The number of hydrogen-bond acceptors (Lipinski definition) is 2. The Morgan fingerprint density at radius 1 is 1.60 bits per heavy atom. The van der Waals surface area contributed by atoms with E-state index >= 15 is 0 Å². The fourth-order valence-electron chi connectivity index (χ4n) is 1.39. The summed E-state index contributed by atoms with van der Waals surface area (Å²) < 4.78 is 1.35. The first kappa shape index (κ1) is 13.2. The van der Waals surface area contributed by atoms with Crippen molar-refractivity contribution in [2.45, 2.75) is 33.2 Å². The van der Waals surface area contributed by atoms with Crippen molar-refractivity contribution in [3.05, 3.63) is 31.5 Å². The zero-order valence-electron chi connectivity index (χ0n) is 9.51. The highest BCUT2D eigenvalue weighted by Crippen LogP contribution is 2.24. The number of allylic oxidation sites excluding steroid dienone is 1. The smallest absolute Gasteiger partial charge is 0.0656 e. The van der Waals surface area contributed by atoms with Gasteiger partial charge in [-0.25, -0.2) is 0 Å². The summed E-state index contributed by atoms with van der Waals surface area (Å²) in [6.45, 7) is 7.57. The van der Waals surface area contributed by atoms with Crippen molar-refractivity contribution >= 4 is 33.9 Å². The Morgan fingerprint density at radius 2 is 2.33 bits per heavy atom. The molecular formula is C12H18INS. The zero-order valence-corrected chi connectivity index (χ0v) is 12.5. The second kappa shape index (κ2) is 6.66. The van der Waals surface area contributed by atoms with Crippen LogP contribution in [0.25, 0.3) is 0 Å². The lowest BCUT2D eigenvalue weighted by Crippen LogP contribution is -2.20. The summed E-state index contributed by atoms with van der Waals surface area (Å²) in [5.74, 6) is 0. The fraction of sp³-hybridized carbons (Fsp3) is 0.500. The van der Waals surface area contributed by atoms with Gasteiger partial charge in [0.05, 0.1) is 8.93 Å². The maximum atomic E-state index is 3.56. The molecule has 1 rings (SSSR count). The summed E-state index contributed by atoms with van der Waals surface area (Å²) in [5, 5.41) is 5.80. The van der Waals surface area contributed by atoms with Gasteiger partial charge in [0.25, 0.3) is 0 Å². The Labute approximate surface area is 110 Å². The molecule has 1 aromatic heterocycles. The van der Waals surface area contributed by atoms with Crippen molar-refractivity contribution in [2.75, 3.05) is 6.54 Å². The maximum absolute atomic E-state index is 3.56. The van der Waals surface area contributed by atoms with E-state index in [0.717, 1.165) is 6.54 Å². The summed E-state index contributed by atoms with van der Waals surface area (Å²) in [4.78, 5) is 0. The van der Waals surface area contributed by atoms with Crippen molar-refractivity contribution in [3.8, 4) is 0 Å². The lowest BCUT2D eigenvalue weighted by Gasteiger charge is -2.13. The molecule has 0 radical (unpaired) electrons. The van der Waals surface area contributed by atoms with Crippen molar-refractivity contribution in [1.82, 2.24) is 5.32 Å². The molecule has 1 nitrogen and oxygen atoms in total. The van der Waals surface area contributed by atoms with Gasteiger partial charge >= 0.3 is 0 Å². The van der Waals surface area contributed by atoms with Crippen LogP contribution in [-0.4, -0.2) is 6.54 Å². The Bertz CT molecular complexity index is 326. The molecule has 1 heterocycles. The minimum Gasteiger partial charge on any atom is -0.307 e. The van der Waals surface area contributed by atoms with Gasteiger partial charge in [-0.1, -0.05) is 18.6 Å². The predicted octanol–water partition coefficient (Wildman–Crippen LogP) is 4.36. The van der Waals surface area contributed by atoms with Gasteiger partial charge in [0.1, 0.15) is 0 Å². The highest BCUT2D eigenvalue weighted by Gasteiger charge is 2.08. The topological polar surface area (TPSA) is 12.0 Å². The molecule has 1 aromatic rings. The van der Waals surface area contributed by atoms with Crippen molar-refractivity contribution < 1.29 is 0 Å². The van der Waals surface area contributed by atoms with Gasteiger partial charge in [0, 0.05) is 0 Å². The molecule has 0 aliphatic heterocycles. The fourth-order valence-corrected chi connectivity index (χ4v) is 2.80. The monoisotopic (exact) mass is 335 g/mol. The van der Waals surface area contributed by atoms with Gasteiger partial charge < -0.3 is 5.32 Å². The Kier molecular flexibility index (Phi) is 5.86. The maximum Gasteiger partial charge on any atom is 0.0656 e. The van der Waals surface area contributed by atoms with Crippen LogP contribution in [0.4, 0.5) is 0 Å². The van der Waals surface area contributed by atoms with Gasteiger partial charge in [-0.2, -0.15) is 0 Å². The average molecular weight is 335 g/mol. The summed E-state index contributed by atoms with van der Waals surface area (Å²) in [5.41, 5.74) is 2.75. The molecule has 0 aliphatic rings. The third kappa shape index (κ3) is 4.66. The van der Waals surface area contributed by atoms with Crippen LogP contribution >= 0.6 is 33.9 Å². The van der Waals surface area contributed by atoms with Crippen molar-refractivity contribution in [3.63, 3.8) is 0 Å². The Morgan fingerprint density at radius 3 is 2.80 bits per heavy atom. The third-order valence-electron chi connectivity index (χ3n) is 2.06.